The molecule has 1 aliphatic rings. The lowest BCUT2D eigenvalue weighted by molar-refractivity contribution is 0.102. The first-order valence-corrected chi connectivity index (χ1v) is 11.7. The van der Waals surface area contributed by atoms with Crippen molar-refractivity contribution in [1.82, 2.24) is 15.0 Å². The molecule has 0 spiro atoms. The molecule has 1 aromatic carbocycles. The van der Waals surface area contributed by atoms with Crippen LogP contribution in [0.15, 0.2) is 42.7 Å². The Kier molecular flexibility index (Phi) is 5.97. The molecule has 1 fully saturated rings. The van der Waals surface area contributed by atoms with Crippen molar-refractivity contribution in [3.05, 3.63) is 64.7 Å². The van der Waals surface area contributed by atoms with Gasteiger partial charge in [-0.15, -0.1) is 0 Å². The van der Waals surface area contributed by atoms with Crippen LogP contribution in [0.5, 0.6) is 5.75 Å². The third-order valence-electron chi connectivity index (χ3n) is 5.66. The summed E-state index contributed by atoms with van der Waals surface area (Å²) in [6.07, 6.45) is 4.12. The van der Waals surface area contributed by atoms with Gasteiger partial charge in [0.25, 0.3) is 5.91 Å². The summed E-state index contributed by atoms with van der Waals surface area (Å²) in [7, 11) is 1.55. The highest BCUT2D eigenvalue weighted by molar-refractivity contribution is 7.22. The number of pyridine rings is 2. The van der Waals surface area contributed by atoms with Crippen molar-refractivity contribution in [1.29, 1.82) is 0 Å². The number of amides is 1. The molecule has 33 heavy (non-hydrogen) atoms. The van der Waals surface area contributed by atoms with Gasteiger partial charge in [-0.25, -0.2) is 9.97 Å². The van der Waals surface area contributed by atoms with Crippen molar-refractivity contribution in [2.75, 3.05) is 25.6 Å². The number of hydrogen-bond acceptors (Lipinski definition) is 7. The lowest BCUT2D eigenvalue weighted by atomic mass is 9.99. The topological polar surface area (TPSA) is 86.2 Å². The zero-order valence-electron chi connectivity index (χ0n) is 18.1. The van der Waals surface area contributed by atoms with Gasteiger partial charge in [0, 0.05) is 35.5 Å². The number of nitrogens with zero attached hydrogens (tertiary/aromatic N) is 3. The van der Waals surface area contributed by atoms with Crippen LogP contribution < -0.4 is 10.1 Å². The molecule has 1 saturated heterocycles. The Morgan fingerprint density at radius 3 is 2.88 bits per heavy atom. The van der Waals surface area contributed by atoms with Gasteiger partial charge in [0.15, 0.2) is 5.13 Å². The molecule has 1 unspecified atom stereocenters. The number of halogens is 1. The lowest BCUT2D eigenvalue weighted by Crippen LogP contribution is -2.14. The molecular formula is C24H21ClN4O3S. The number of anilines is 1. The maximum absolute atomic E-state index is 13.3. The van der Waals surface area contributed by atoms with Gasteiger partial charge >= 0.3 is 0 Å². The SMILES string of the molecule is COc1cnc(Cl)cc1-c1cc(C)ncc1C(=O)Nc1nc2ccc(C3CCOC3)cc2s1. The van der Waals surface area contributed by atoms with E-state index in [1.165, 1.54) is 23.1 Å². The second-order valence-corrected chi connectivity index (χ2v) is 9.26. The number of aromatic nitrogens is 3. The van der Waals surface area contributed by atoms with E-state index in [1.807, 2.05) is 19.1 Å². The summed E-state index contributed by atoms with van der Waals surface area (Å²) in [6, 6.07) is 9.74. The third-order valence-corrected chi connectivity index (χ3v) is 6.80. The first-order valence-electron chi connectivity index (χ1n) is 10.5. The minimum absolute atomic E-state index is 0.307. The third kappa shape index (κ3) is 4.42. The van der Waals surface area contributed by atoms with Gasteiger partial charge in [-0.05, 0) is 43.2 Å². The largest absolute Gasteiger partial charge is 0.494 e. The first kappa shape index (κ1) is 21.8. The summed E-state index contributed by atoms with van der Waals surface area (Å²) in [4.78, 5) is 26.3. The Hall–Kier alpha value is -3.07. The molecule has 1 aliphatic heterocycles. The van der Waals surface area contributed by atoms with Crippen molar-refractivity contribution in [2.45, 2.75) is 19.3 Å². The number of benzene rings is 1. The van der Waals surface area contributed by atoms with Crippen molar-refractivity contribution in [2.24, 2.45) is 0 Å². The molecule has 0 bridgehead atoms. The normalized spacial score (nSPS) is 15.7. The van der Waals surface area contributed by atoms with Crippen LogP contribution in [0.25, 0.3) is 21.3 Å². The molecule has 0 radical (unpaired) electrons. The molecular weight excluding hydrogens is 460 g/mol. The van der Waals surface area contributed by atoms with Crippen molar-refractivity contribution in [3.63, 3.8) is 0 Å². The summed E-state index contributed by atoms with van der Waals surface area (Å²) in [5.74, 6) is 0.622. The highest BCUT2D eigenvalue weighted by Crippen LogP contribution is 2.35. The van der Waals surface area contributed by atoms with Crippen LogP contribution in [-0.2, 0) is 4.74 Å². The number of carbonyl (C=O) groups excluding carboxylic acids is 1. The van der Waals surface area contributed by atoms with E-state index in [-0.39, 0.29) is 5.91 Å². The fourth-order valence-electron chi connectivity index (χ4n) is 3.96. The molecule has 0 saturated carbocycles. The molecule has 9 heteroatoms. The number of aryl methyl sites for hydroxylation is 1. The van der Waals surface area contributed by atoms with Crippen LogP contribution in [0.3, 0.4) is 0 Å². The number of ether oxygens (including phenoxy) is 2. The Morgan fingerprint density at radius 2 is 2.09 bits per heavy atom. The van der Waals surface area contributed by atoms with E-state index in [0.29, 0.717) is 38.6 Å². The summed E-state index contributed by atoms with van der Waals surface area (Å²) in [6.45, 7) is 3.41. The Labute approximate surface area is 199 Å². The second kappa shape index (κ2) is 9.05. The molecule has 1 amide bonds. The highest BCUT2D eigenvalue weighted by atomic mass is 35.5. The Morgan fingerprint density at radius 1 is 1.21 bits per heavy atom. The van der Waals surface area contributed by atoms with Gasteiger partial charge in [0.05, 0.1) is 35.7 Å². The van der Waals surface area contributed by atoms with E-state index >= 15 is 0 Å². The van der Waals surface area contributed by atoms with Crippen LogP contribution >= 0.6 is 22.9 Å². The number of hydrogen-bond donors (Lipinski definition) is 1. The molecule has 168 valence electrons. The molecule has 4 aromatic rings. The fourth-order valence-corrected chi connectivity index (χ4v) is 5.03. The van der Waals surface area contributed by atoms with Gasteiger partial charge in [-0.2, -0.15) is 0 Å². The van der Waals surface area contributed by atoms with Gasteiger partial charge in [0.1, 0.15) is 10.9 Å². The zero-order chi connectivity index (χ0) is 22.9. The van der Waals surface area contributed by atoms with Crippen LogP contribution in [0.4, 0.5) is 5.13 Å². The van der Waals surface area contributed by atoms with Crippen molar-refractivity contribution >= 4 is 44.2 Å². The molecule has 5 rings (SSSR count). The molecule has 0 aliphatic carbocycles. The average Bonchev–Trinajstić information content (AvgIpc) is 3.48. The van der Waals surface area contributed by atoms with E-state index in [9.17, 15) is 4.79 Å². The van der Waals surface area contributed by atoms with Crippen LogP contribution in [0, 0.1) is 6.92 Å². The second-order valence-electron chi connectivity index (χ2n) is 7.84. The number of rotatable bonds is 5. The molecule has 1 atom stereocenters. The van der Waals surface area contributed by atoms with Gasteiger partial charge in [-0.3, -0.25) is 15.1 Å². The number of nitrogens with one attached hydrogen (secondary N) is 1. The highest BCUT2D eigenvalue weighted by Gasteiger charge is 2.21. The minimum atomic E-state index is -0.309. The Balaban J connectivity index is 1.47. The van der Waals surface area contributed by atoms with Crippen LogP contribution in [0.1, 0.15) is 34.0 Å². The van der Waals surface area contributed by atoms with Crippen LogP contribution in [0.2, 0.25) is 5.15 Å². The van der Waals surface area contributed by atoms with E-state index in [0.717, 1.165) is 35.5 Å². The van der Waals surface area contributed by atoms with Crippen LogP contribution in [-0.4, -0.2) is 41.2 Å². The zero-order valence-corrected chi connectivity index (χ0v) is 19.7. The summed E-state index contributed by atoms with van der Waals surface area (Å²) in [5.41, 5.74) is 4.58. The standard InChI is InChI=1S/C24H21ClN4O3S/c1-13-7-16(17-9-22(25)27-11-20(17)31-2)18(10-26-13)23(30)29-24-28-19-4-3-14(8-21(19)33-24)15-5-6-32-12-15/h3-4,7-11,15H,5-6,12H2,1-2H3,(H,28,29,30). The summed E-state index contributed by atoms with van der Waals surface area (Å²) < 4.78 is 12.0. The molecule has 3 aromatic heterocycles. The number of methoxy groups -OCH3 is 1. The predicted molar refractivity (Wildman–Crippen MR) is 130 cm³/mol. The van der Waals surface area contributed by atoms with Gasteiger partial charge < -0.3 is 9.47 Å². The number of carbonyl (C=O) groups is 1. The quantitative estimate of drug-likeness (QED) is 0.380. The predicted octanol–water partition coefficient (Wildman–Crippen LogP) is 5.48. The molecule has 4 heterocycles. The van der Waals surface area contributed by atoms with Gasteiger partial charge in [-0.1, -0.05) is 29.0 Å². The smallest absolute Gasteiger partial charge is 0.259 e. The van der Waals surface area contributed by atoms with E-state index in [2.05, 4.69) is 32.4 Å². The summed E-state index contributed by atoms with van der Waals surface area (Å²) >= 11 is 7.58. The number of fused-ring (bicyclic) bond motifs is 1. The monoisotopic (exact) mass is 480 g/mol. The lowest BCUT2D eigenvalue weighted by Gasteiger charge is -2.13. The number of thiazole rings is 1. The van der Waals surface area contributed by atoms with E-state index in [1.54, 1.807) is 19.4 Å². The Bertz CT molecular complexity index is 1350. The van der Waals surface area contributed by atoms with Crippen molar-refractivity contribution in [3.8, 4) is 16.9 Å². The van der Waals surface area contributed by atoms with Crippen molar-refractivity contribution < 1.29 is 14.3 Å². The maximum atomic E-state index is 13.3. The van der Waals surface area contributed by atoms with E-state index < -0.39 is 0 Å². The maximum Gasteiger partial charge on any atom is 0.259 e. The molecule has 7 nitrogen and oxygen atoms in total. The molecule has 1 N–H and O–H groups in total. The minimum Gasteiger partial charge on any atom is -0.494 e. The fraction of sp³-hybridized carbons (Fsp3) is 0.250. The average molecular weight is 481 g/mol. The first-order chi connectivity index (χ1) is 16.0. The van der Waals surface area contributed by atoms with E-state index in [4.69, 9.17) is 21.1 Å². The van der Waals surface area contributed by atoms with Gasteiger partial charge in [0.2, 0.25) is 0 Å². The summed E-state index contributed by atoms with van der Waals surface area (Å²) in [5, 5.41) is 3.77.